The van der Waals surface area contributed by atoms with Gasteiger partial charge < -0.3 is 9.88 Å². The molecule has 2 aromatic rings. The lowest BCUT2D eigenvalue weighted by Gasteiger charge is -2.39. The molecule has 21 heavy (non-hydrogen) atoms. The fourth-order valence-corrected chi connectivity index (χ4v) is 4.63. The average Bonchev–Trinajstić information content (AvgIpc) is 2.88. The number of hydrogen-bond donors (Lipinski definition) is 1. The minimum absolute atomic E-state index is 0.437. The van der Waals surface area contributed by atoms with E-state index in [1.165, 1.54) is 23.4 Å². The van der Waals surface area contributed by atoms with Gasteiger partial charge in [0, 0.05) is 18.3 Å². The van der Waals surface area contributed by atoms with E-state index in [4.69, 9.17) is 0 Å². The van der Waals surface area contributed by atoms with Crippen molar-refractivity contribution in [1.29, 1.82) is 0 Å². The first-order valence-corrected chi connectivity index (χ1v) is 9.03. The summed E-state index contributed by atoms with van der Waals surface area (Å²) in [6.07, 6.45) is 4.43. The molecular weight excluding hydrogens is 278 g/mol. The van der Waals surface area contributed by atoms with E-state index in [0.717, 1.165) is 25.0 Å². The SMILES string of the molecule is CC1(C)CCSCC1NCCCn1cnc2ccccc21. The molecule has 1 unspecified atom stereocenters. The maximum Gasteiger partial charge on any atom is 0.0958 e. The van der Waals surface area contributed by atoms with E-state index >= 15 is 0 Å². The highest BCUT2D eigenvalue weighted by Gasteiger charge is 2.31. The molecule has 1 aromatic carbocycles. The Morgan fingerprint density at radius 3 is 3.10 bits per heavy atom. The predicted molar refractivity (Wildman–Crippen MR) is 91.9 cm³/mol. The third kappa shape index (κ3) is 3.43. The van der Waals surface area contributed by atoms with Crippen LogP contribution in [0.1, 0.15) is 26.7 Å². The summed E-state index contributed by atoms with van der Waals surface area (Å²) in [5.41, 5.74) is 2.77. The number of thioether (sulfide) groups is 1. The molecular formula is C17H25N3S. The molecule has 1 aliphatic heterocycles. The lowest BCUT2D eigenvalue weighted by atomic mass is 9.82. The van der Waals surface area contributed by atoms with Gasteiger partial charge in [-0.1, -0.05) is 26.0 Å². The van der Waals surface area contributed by atoms with Crippen LogP contribution in [0.5, 0.6) is 0 Å². The number of aryl methyl sites for hydroxylation is 1. The average molecular weight is 303 g/mol. The van der Waals surface area contributed by atoms with Crippen LogP contribution in [0, 0.1) is 5.41 Å². The van der Waals surface area contributed by atoms with E-state index in [1.54, 1.807) is 0 Å². The number of nitrogens with one attached hydrogen (secondary N) is 1. The fourth-order valence-electron chi connectivity index (χ4n) is 2.99. The summed E-state index contributed by atoms with van der Waals surface area (Å²) < 4.78 is 2.26. The van der Waals surface area contributed by atoms with E-state index in [1.807, 2.05) is 12.4 Å². The molecule has 4 heteroatoms. The molecule has 1 saturated heterocycles. The molecule has 3 nitrogen and oxygen atoms in total. The van der Waals surface area contributed by atoms with Crippen molar-refractivity contribution in [3.63, 3.8) is 0 Å². The zero-order chi connectivity index (χ0) is 14.7. The summed E-state index contributed by atoms with van der Waals surface area (Å²) in [6.45, 7) is 6.91. The van der Waals surface area contributed by atoms with Crippen LogP contribution in [0.4, 0.5) is 0 Å². The largest absolute Gasteiger partial charge is 0.331 e. The molecule has 1 atom stereocenters. The van der Waals surface area contributed by atoms with Gasteiger partial charge >= 0.3 is 0 Å². The van der Waals surface area contributed by atoms with Crippen LogP contribution < -0.4 is 5.32 Å². The standard InChI is InChI=1S/C17H25N3S/c1-17(2)8-11-21-12-16(17)18-9-5-10-20-13-19-14-6-3-4-7-15(14)20/h3-4,6-7,13,16,18H,5,8-12H2,1-2H3. The highest BCUT2D eigenvalue weighted by atomic mass is 32.2. The van der Waals surface area contributed by atoms with E-state index in [-0.39, 0.29) is 0 Å². The van der Waals surface area contributed by atoms with Crippen molar-refractivity contribution in [2.75, 3.05) is 18.1 Å². The highest BCUT2D eigenvalue weighted by Crippen LogP contribution is 2.34. The van der Waals surface area contributed by atoms with E-state index in [9.17, 15) is 0 Å². The second kappa shape index (κ2) is 6.41. The second-order valence-corrected chi connectivity index (χ2v) is 7.75. The van der Waals surface area contributed by atoms with Gasteiger partial charge in [0.25, 0.3) is 0 Å². The Morgan fingerprint density at radius 1 is 1.38 bits per heavy atom. The summed E-state index contributed by atoms with van der Waals surface area (Å²) in [5, 5.41) is 3.77. The third-order valence-electron chi connectivity index (χ3n) is 4.61. The van der Waals surface area contributed by atoms with Crippen LogP contribution in [-0.2, 0) is 6.54 Å². The Bertz CT molecular complexity index is 590. The summed E-state index contributed by atoms with van der Waals surface area (Å²) >= 11 is 2.09. The van der Waals surface area contributed by atoms with Crippen molar-refractivity contribution in [2.24, 2.45) is 5.41 Å². The van der Waals surface area contributed by atoms with Crippen molar-refractivity contribution in [2.45, 2.75) is 39.3 Å². The van der Waals surface area contributed by atoms with Gasteiger partial charge in [-0.2, -0.15) is 11.8 Å². The number of para-hydroxylation sites is 2. The van der Waals surface area contributed by atoms with Crippen molar-refractivity contribution in [3.8, 4) is 0 Å². The molecule has 0 bridgehead atoms. The zero-order valence-electron chi connectivity index (χ0n) is 13.0. The van der Waals surface area contributed by atoms with Crippen molar-refractivity contribution in [3.05, 3.63) is 30.6 Å². The number of hydrogen-bond acceptors (Lipinski definition) is 3. The molecule has 0 aliphatic carbocycles. The third-order valence-corrected chi connectivity index (χ3v) is 5.67. The Balaban J connectivity index is 1.50. The van der Waals surface area contributed by atoms with Gasteiger partial charge in [0.1, 0.15) is 0 Å². The smallest absolute Gasteiger partial charge is 0.0958 e. The van der Waals surface area contributed by atoms with Crippen molar-refractivity contribution in [1.82, 2.24) is 14.9 Å². The molecule has 1 aliphatic rings. The van der Waals surface area contributed by atoms with Crippen LogP contribution in [-0.4, -0.2) is 33.6 Å². The summed E-state index contributed by atoms with van der Waals surface area (Å²) in [7, 11) is 0. The Hall–Kier alpha value is -1.00. The van der Waals surface area contributed by atoms with Gasteiger partial charge in [-0.25, -0.2) is 4.98 Å². The normalized spacial score (nSPS) is 21.7. The van der Waals surface area contributed by atoms with Crippen LogP contribution in [0.25, 0.3) is 11.0 Å². The number of aromatic nitrogens is 2. The molecule has 0 spiro atoms. The van der Waals surface area contributed by atoms with Crippen LogP contribution in [0.2, 0.25) is 0 Å². The Kier molecular flexibility index (Phi) is 4.55. The van der Waals surface area contributed by atoms with E-state index < -0.39 is 0 Å². The van der Waals surface area contributed by atoms with Crippen molar-refractivity contribution < 1.29 is 0 Å². The first-order valence-electron chi connectivity index (χ1n) is 7.88. The number of fused-ring (bicyclic) bond motifs is 1. The number of rotatable bonds is 5. The van der Waals surface area contributed by atoms with Crippen LogP contribution in [0.15, 0.2) is 30.6 Å². The molecule has 2 heterocycles. The van der Waals surface area contributed by atoms with Crippen molar-refractivity contribution >= 4 is 22.8 Å². The summed E-state index contributed by atoms with van der Waals surface area (Å²) in [4.78, 5) is 4.45. The second-order valence-electron chi connectivity index (χ2n) is 6.60. The molecule has 1 aromatic heterocycles. The quantitative estimate of drug-likeness (QED) is 0.857. The van der Waals surface area contributed by atoms with E-state index in [2.05, 4.69) is 58.7 Å². The minimum Gasteiger partial charge on any atom is -0.331 e. The Morgan fingerprint density at radius 2 is 2.24 bits per heavy atom. The molecule has 0 amide bonds. The first-order chi connectivity index (χ1) is 10.2. The minimum atomic E-state index is 0.437. The van der Waals surface area contributed by atoms with Gasteiger partial charge in [0.05, 0.1) is 17.4 Å². The van der Waals surface area contributed by atoms with Gasteiger partial charge in [0.2, 0.25) is 0 Å². The lowest BCUT2D eigenvalue weighted by Crippen LogP contribution is -2.47. The number of benzene rings is 1. The summed E-state index contributed by atoms with van der Waals surface area (Å²) in [5.74, 6) is 2.56. The lowest BCUT2D eigenvalue weighted by molar-refractivity contribution is 0.245. The van der Waals surface area contributed by atoms with Gasteiger partial charge in [-0.15, -0.1) is 0 Å². The molecule has 1 N–H and O–H groups in total. The summed E-state index contributed by atoms with van der Waals surface area (Å²) in [6, 6.07) is 9.00. The topological polar surface area (TPSA) is 29.9 Å². The first kappa shape index (κ1) is 14.9. The maximum absolute atomic E-state index is 4.45. The van der Waals surface area contributed by atoms with Gasteiger partial charge in [-0.3, -0.25) is 0 Å². The number of nitrogens with zero attached hydrogens (tertiary/aromatic N) is 2. The predicted octanol–water partition coefficient (Wildman–Crippen LogP) is 3.55. The van der Waals surface area contributed by atoms with Crippen LogP contribution in [0.3, 0.4) is 0 Å². The zero-order valence-corrected chi connectivity index (χ0v) is 13.8. The maximum atomic E-state index is 4.45. The highest BCUT2D eigenvalue weighted by molar-refractivity contribution is 7.99. The molecule has 0 saturated carbocycles. The molecule has 0 radical (unpaired) electrons. The molecule has 114 valence electrons. The molecule has 3 rings (SSSR count). The molecule has 1 fully saturated rings. The monoisotopic (exact) mass is 303 g/mol. The van der Waals surface area contributed by atoms with Gasteiger partial charge in [-0.05, 0) is 42.7 Å². The van der Waals surface area contributed by atoms with Crippen LogP contribution >= 0.6 is 11.8 Å². The number of imidazole rings is 1. The Labute approximate surface area is 131 Å². The van der Waals surface area contributed by atoms with Gasteiger partial charge in [0.15, 0.2) is 0 Å². The fraction of sp³-hybridized carbons (Fsp3) is 0.588. The van der Waals surface area contributed by atoms with E-state index in [0.29, 0.717) is 11.5 Å².